The van der Waals surface area contributed by atoms with Gasteiger partial charge in [0.15, 0.2) is 0 Å². The predicted molar refractivity (Wildman–Crippen MR) is 72.7 cm³/mol. The smallest absolute Gasteiger partial charge is 0.232 e. The van der Waals surface area contributed by atoms with Crippen LogP contribution in [0, 0.1) is 12.8 Å². The molecule has 0 aliphatic carbocycles. The highest BCUT2D eigenvalue weighted by Crippen LogP contribution is 2.24. The second-order valence-corrected chi connectivity index (χ2v) is 5.73. The molecule has 104 valence electrons. The maximum atomic E-state index is 12.1. The number of rotatable bonds is 4. The summed E-state index contributed by atoms with van der Waals surface area (Å²) in [5, 5.41) is 0. The van der Waals surface area contributed by atoms with Gasteiger partial charge in [-0.2, -0.15) is 0 Å². The zero-order valence-corrected chi connectivity index (χ0v) is 11.7. The lowest BCUT2D eigenvalue weighted by molar-refractivity contribution is -0.132. The van der Waals surface area contributed by atoms with Crippen molar-refractivity contribution in [3.05, 3.63) is 18.1 Å². The number of carbonyl (C=O) groups excluding carboxylic acids is 2. The van der Waals surface area contributed by atoms with Gasteiger partial charge in [-0.05, 0) is 25.8 Å². The Kier molecular flexibility index (Phi) is 4.52. The maximum Gasteiger partial charge on any atom is 0.232 e. The van der Waals surface area contributed by atoms with E-state index >= 15 is 0 Å². The fourth-order valence-electron chi connectivity index (χ4n) is 2.19. The molecule has 1 aromatic heterocycles. The van der Waals surface area contributed by atoms with E-state index in [1.165, 1.54) is 11.8 Å². The summed E-state index contributed by atoms with van der Waals surface area (Å²) in [5.74, 6) is 0.739. The second-order valence-electron chi connectivity index (χ2n) is 4.71. The summed E-state index contributed by atoms with van der Waals surface area (Å²) in [7, 11) is 0. The summed E-state index contributed by atoms with van der Waals surface area (Å²) in [4.78, 5) is 26.0. The molecular formula is C13H18N2O3S. The molecule has 2 rings (SSSR count). The molecule has 6 heteroatoms. The van der Waals surface area contributed by atoms with Crippen LogP contribution in [-0.2, 0) is 9.59 Å². The van der Waals surface area contributed by atoms with Crippen LogP contribution in [0.5, 0.6) is 0 Å². The summed E-state index contributed by atoms with van der Waals surface area (Å²) in [6, 6.07) is 1.86. The third-order valence-electron chi connectivity index (χ3n) is 3.34. The van der Waals surface area contributed by atoms with Gasteiger partial charge in [-0.15, -0.1) is 11.8 Å². The molecule has 0 aromatic carbocycles. The van der Waals surface area contributed by atoms with Gasteiger partial charge in [-0.25, -0.2) is 0 Å². The summed E-state index contributed by atoms with van der Waals surface area (Å²) in [6.07, 6.45) is 3.24. The van der Waals surface area contributed by atoms with Crippen LogP contribution in [0.4, 0.5) is 0 Å². The first-order chi connectivity index (χ1) is 9.08. The number of nitrogens with zero attached hydrogens (tertiary/aromatic N) is 1. The van der Waals surface area contributed by atoms with E-state index in [0.29, 0.717) is 18.8 Å². The van der Waals surface area contributed by atoms with Gasteiger partial charge in [-0.1, -0.05) is 0 Å². The monoisotopic (exact) mass is 282 g/mol. The van der Waals surface area contributed by atoms with Gasteiger partial charge in [0.05, 0.1) is 17.9 Å². The molecule has 2 heterocycles. The first-order valence-corrected chi connectivity index (χ1v) is 7.30. The molecule has 5 nitrogen and oxygen atoms in total. The van der Waals surface area contributed by atoms with Gasteiger partial charge in [-0.3, -0.25) is 9.59 Å². The van der Waals surface area contributed by atoms with E-state index in [-0.39, 0.29) is 17.7 Å². The molecule has 1 aliphatic rings. The first-order valence-electron chi connectivity index (χ1n) is 6.32. The quantitative estimate of drug-likeness (QED) is 0.847. The molecule has 0 bridgehead atoms. The number of hydrogen-bond acceptors (Lipinski definition) is 4. The number of hydrogen-bond donors (Lipinski definition) is 1. The summed E-state index contributed by atoms with van der Waals surface area (Å²) in [5.41, 5.74) is 5.31. The highest BCUT2D eigenvalue weighted by atomic mass is 32.2. The van der Waals surface area contributed by atoms with Crippen LogP contribution in [0.2, 0.25) is 0 Å². The molecule has 0 spiro atoms. The zero-order chi connectivity index (χ0) is 13.8. The van der Waals surface area contributed by atoms with Crippen molar-refractivity contribution in [1.82, 2.24) is 4.90 Å². The van der Waals surface area contributed by atoms with Gasteiger partial charge >= 0.3 is 0 Å². The number of thioether (sulfide) groups is 1. The minimum atomic E-state index is -0.309. The van der Waals surface area contributed by atoms with Crippen molar-refractivity contribution in [3.8, 4) is 0 Å². The Morgan fingerprint density at radius 1 is 1.58 bits per heavy atom. The van der Waals surface area contributed by atoms with Gasteiger partial charge in [0.2, 0.25) is 11.8 Å². The lowest BCUT2D eigenvalue weighted by atomic mass is 9.97. The average molecular weight is 282 g/mol. The van der Waals surface area contributed by atoms with E-state index in [9.17, 15) is 9.59 Å². The van der Waals surface area contributed by atoms with E-state index in [0.717, 1.165) is 23.5 Å². The molecule has 0 unspecified atom stereocenters. The lowest BCUT2D eigenvalue weighted by Gasteiger charge is -2.31. The van der Waals surface area contributed by atoms with E-state index in [1.807, 2.05) is 13.0 Å². The van der Waals surface area contributed by atoms with E-state index in [1.54, 1.807) is 11.2 Å². The van der Waals surface area contributed by atoms with Crippen molar-refractivity contribution in [1.29, 1.82) is 0 Å². The SMILES string of the molecule is Cc1occc1SCC(=O)N1CCC[C@H](C(N)=O)C1. The molecule has 1 saturated heterocycles. The fourth-order valence-corrected chi connectivity index (χ4v) is 3.05. The number of carbonyl (C=O) groups is 2. The molecule has 1 atom stereocenters. The number of amides is 2. The highest BCUT2D eigenvalue weighted by Gasteiger charge is 2.26. The molecular weight excluding hydrogens is 264 g/mol. The topological polar surface area (TPSA) is 76.5 Å². The van der Waals surface area contributed by atoms with Crippen molar-refractivity contribution < 1.29 is 14.0 Å². The Hall–Kier alpha value is -1.43. The standard InChI is InChI=1S/C13H18N2O3S/c1-9-11(4-6-18-9)19-8-12(16)15-5-2-3-10(7-15)13(14)17/h4,6,10H,2-3,5,7-8H2,1H3,(H2,14,17)/t10-/m0/s1. The van der Waals surface area contributed by atoms with Crippen molar-refractivity contribution in [2.75, 3.05) is 18.8 Å². The summed E-state index contributed by atoms with van der Waals surface area (Å²) >= 11 is 1.46. The Morgan fingerprint density at radius 2 is 2.37 bits per heavy atom. The Balaban J connectivity index is 1.86. The van der Waals surface area contributed by atoms with Crippen LogP contribution in [0.25, 0.3) is 0 Å². The largest absolute Gasteiger partial charge is 0.468 e. The van der Waals surface area contributed by atoms with Crippen molar-refractivity contribution in [3.63, 3.8) is 0 Å². The zero-order valence-electron chi connectivity index (χ0n) is 10.9. The Bertz CT molecular complexity index is 472. The van der Waals surface area contributed by atoms with Gasteiger partial charge in [0.25, 0.3) is 0 Å². The lowest BCUT2D eigenvalue weighted by Crippen LogP contribution is -2.44. The van der Waals surface area contributed by atoms with Crippen molar-refractivity contribution in [2.24, 2.45) is 11.7 Å². The van der Waals surface area contributed by atoms with Crippen LogP contribution >= 0.6 is 11.8 Å². The van der Waals surface area contributed by atoms with E-state index in [2.05, 4.69) is 0 Å². The van der Waals surface area contributed by atoms with Gasteiger partial charge in [0, 0.05) is 18.0 Å². The van der Waals surface area contributed by atoms with Crippen LogP contribution in [0.15, 0.2) is 21.6 Å². The normalized spacial score (nSPS) is 19.4. The van der Waals surface area contributed by atoms with Crippen molar-refractivity contribution >= 4 is 23.6 Å². The third-order valence-corrected chi connectivity index (χ3v) is 4.46. The molecule has 1 aromatic rings. The first kappa shape index (κ1) is 14.0. The number of nitrogens with two attached hydrogens (primary N) is 1. The minimum absolute atomic E-state index is 0.0524. The second kappa shape index (κ2) is 6.14. The summed E-state index contributed by atoms with van der Waals surface area (Å²) < 4.78 is 5.18. The fraction of sp³-hybridized carbons (Fsp3) is 0.538. The van der Waals surface area contributed by atoms with Crippen LogP contribution < -0.4 is 5.73 Å². The summed E-state index contributed by atoms with van der Waals surface area (Å²) in [6.45, 7) is 3.05. The number of primary amides is 1. The third kappa shape index (κ3) is 3.53. The van der Waals surface area contributed by atoms with Gasteiger partial charge in [0.1, 0.15) is 5.76 Å². The molecule has 2 amide bonds. The minimum Gasteiger partial charge on any atom is -0.468 e. The maximum absolute atomic E-state index is 12.1. The number of aryl methyl sites for hydroxylation is 1. The molecule has 1 fully saturated rings. The Morgan fingerprint density at radius 3 is 3.00 bits per heavy atom. The number of likely N-dealkylation sites (tertiary alicyclic amines) is 1. The highest BCUT2D eigenvalue weighted by molar-refractivity contribution is 8.00. The van der Waals surface area contributed by atoms with Crippen molar-refractivity contribution in [2.45, 2.75) is 24.7 Å². The molecule has 2 N–H and O–H groups in total. The van der Waals surface area contributed by atoms with Crippen LogP contribution in [0.3, 0.4) is 0 Å². The Labute approximate surface area is 116 Å². The van der Waals surface area contributed by atoms with Crippen LogP contribution in [-0.4, -0.2) is 35.6 Å². The van der Waals surface area contributed by atoms with Crippen LogP contribution in [0.1, 0.15) is 18.6 Å². The predicted octanol–water partition coefficient (Wildman–Crippen LogP) is 1.40. The molecule has 1 aliphatic heterocycles. The molecule has 0 radical (unpaired) electrons. The average Bonchev–Trinajstić information content (AvgIpc) is 2.81. The molecule has 0 saturated carbocycles. The van der Waals surface area contributed by atoms with E-state index < -0.39 is 0 Å². The molecule has 19 heavy (non-hydrogen) atoms. The number of piperidine rings is 1. The van der Waals surface area contributed by atoms with E-state index in [4.69, 9.17) is 10.2 Å². The number of furan rings is 1. The van der Waals surface area contributed by atoms with Gasteiger partial charge < -0.3 is 15.1 Å².